The highest BCUT2D eigenvalue weighted by Gasteiger charge is 2.51. The number of aliphatic hydroxyl groups is 4. The van der Waals surface area contributed by atoms with E-state index in [2.05, 4.69) is 32.9 Å². The molecule has 1 heterocycles. The smallest absolute Gasteiger partial charge is 0.187 e. The zero-order valence-corrected chi connectivity index (χ0v) is 22.4. The molecule has 8 nitrogen and oxygen atoms in total. The van der Waals surface area contributed by atoms with Crippen LogP contribution < -0.4 is 0 Å². The summed E-state index contributed by atoms with van der Waals surface area (Å²) in [4.78, 5) is 0. The summed E-state index contributed by atoms with van der Waals surface area (Å²) in [6.07, 6.45) is -0.726. The van der Waals surface area contributed by atoms with Crippen molar-refractivity contribution < 1.29 is 39.4 Å². The first-order valence-corrected chi connectivity index (χ1v) is 13.2. The molecule has 0 aromatic rings. The minimum Gasteiger partial charge on any atom is -0.390 e. The molecule has 204 valence electrons. The predicted molar refractivity (Wildman–Crippen MR) is 134 cm³/mol. The van der Waals surface area contributed by atoms with Gasteiger partial charge in [0.05, 0.1) is 19.3 Å². The second kappa shape index (κ2) is 10.9. The Morgan fingerprint density at radius 3 is 2.42 bits per heavy atom. The van der Waals surface area contributed by atoms with Crippen LogP contribution in [0.2, 0.25) is 0 Å². The number of fused-ring (bicyclic) bond motifs is 2. The first kappa shape index (κ1) is 27.9. The Labute approximate surface area is 214 Å². The Bertz CT molecular complexity index is 894. The normalized spacial score (nSPS) is 44.6. The molecule has 4 N–H and O–H groups in total. The van der Waals surface area contributed by atoms with E-state index in [1.54, 1.807) is 7.11 Å². The highest BCUT2D eigenvalue weighted by atomic mass is 16.7. The standard InChI is InChI=1S/C28H44O8/c1-14(2)17-9-10-28(4)11-19-16(12-33-5)7-8-18(19)15(3)22(29)26(21(17)28)36-27-25(32)24(31)23(30)20(35-27)13-34-6/h7,11,14-15,18,20,22-27,29-32H,8-10,12-13H2,1-6H3/b19-11-/t15-,18+,20-,22-,23-,24+,25-,26-,27-,28-/m1/s1. The van der Waals surface area contributed by atoms with Gasteiger partial charge in [-0.15, -0.1) is 0 Å². The summed E-state index contributed by atoms with van der Waals surface area (Å²) in [5, 5.41) is 43.5. The van der Waals surface area contributed by atoms with Crippen molar-refractivity contribution in [2.24, 2.45) is 23.2 Å². The highest BCUT2D eigenvalue weighted by molar-refractivity contribution is 5.47. The molecular weight excluding hydrogens is 464 g/mol. The maximum atomic E-state index is 11.9. The lowest BCUT2D eigenvalue weighted by Crippen LogP contribution is -2.61. The molecule has 1 aliphatic heterocycles. The molecular formula is C28H44O8. The Hall–Kier alpha value is -1.10. The molecule has 10 atom stereocenters. The summed E-state index contributed by atoms with van der Waals surface area (Å²) in [6.45, 7) is 9.13. The van der Waals surface area contributed by atoms with Crippen molar-refractivity contribution in [1.29, 1.82) is 0 Å². The third kappa shape index (κ3) is 4.87. The minimum atomic E-state index is -1.47. The predicted octanol–water partition coefficient (Wildman–Crippen LogP) is 2.11. The molecule has 0 aromatic carbocycles. The van der Waals surface area contributed by atoms with Gasteiger partial charge < -0.3 is 39.4 Å². The van der Waals surface area contributed by atoms with Crippen molar-refractivity contribution >= 4 is 0 Å². The van der Waals surface area contributed by atoms with Crippen LogP contribution in [0.1, 0.15) is 47.0 Å². The van der Waals surface area contributed by atoms with Crippen molar-refractivity contribution in [3.8, 4) is 0 Å². The number of aliphatic hydroxyl groups excluding tert-OH is 4. The zero-order chi connectivity index (χ0) is 26.4. The molecule has 36 heavy (non-hydrogen) atoms. The van der Waals surface area contributed by atoms with E-state index in [1.807, 2.05) is 6.92 Å². The van der Waals surface area contributed by atoms with E-state index in [1.165, 1.54) is 23.8 Å². The Morgan fingerprint density at radius 1 is 1.06 bits per heavy atom. The van der Waals surface area contributed by atoms with Gasteiger partial charge in [-0.3, -0.25) is 0 Å². The first-order chi connectivity index (χ1) is 17.0. The summed E-state index contributed by atoms with van der Waals surface area (Å²) >= 11 is 0. The lowest BCUT2D eigenvalue weighted by molar-refractivity contribution is -0.316. The van der Waals surface area contributed by atoms with Gasteiger partial charge >= 0.3 is 0 Å². The number of rotatable bonds is 7. The van der Waals surface area contributed by atoms with Gasteiger partial charge in [0, 0.05) is 19.6 Å². The molecule has 0 bridgehead atoms. The molecule has 8 heteroatoms. The van der Waals surface area contributed by atoms with E-state index in [4.69, 9.17) is 18.9 Å². The van der Waals surface area contributed by atoms with Crippen LogP contribution >= 0.6 is 0 Å². The zero-order valence-electron chi connectivity index (χ0n) is 22.4. The molecule has 0 spiro atoms. The van der Waals surface area contributed by atoms with Gasteiger partial charge in [-0.05, 0) is 53.7 Å². The van der Waals surface area contributed by atoms with Crippen LogP contribution in [0, 0.1) is 23.2 Å². The average Bonchev–Trinajstić information content (AvgIpc) is 3.38. The molecule has 0 aromatic heterocycles. The topological polar surface area (TPSA) is 118 Å². The molecule has 0 unspecified atom stereocenters. The molecule has 1 fully saturated rings. The van der Waals surface area contributed by atoms with Crippen LogP contribution in [-0.4, -0.2) is 90.8 Å². The second-order valence-corrected chi connectivity index (χ2v) is 11.5. The van der Waals surface area contributed by atoms with E-state index in [-0.39, 0.29) is 29.8 Å². The van der Waals surface area contributed by atoms with Gasteiger partial charge in [0.1, 0.15) is 30.5 Å². The lowest BCUT2D eigenvalue weighted by atomic mass is 9.68. The molecule has 4 aliphatic rings. The first-order valence-electron chi connectivity index (χ1n) is 13.2. The van der Waals surface area contributed by atoms with Crippen LogP contribution in [0.15, 0.2) is 34.4 Å². The number of methoxy groups -OCH3 is 2. The summed E-state index contributed by atoms with van der Waals surface area (Å²) in [7, 11) is 3.18. The summed E-state index contributed by atoms with van der Waals surface area (Å²) < 4.78 is 23.0. The van der Waals surface area contributed by atoms with Gasteiger partial charge in [0.2, 0.25) is 0 Å². The largest absolute Gasteiger partial charge is 0.390 e. The molecule has 0 saturated carbocycles. The van der Waals surface area contributed by atoms with Gasteiger partial charge in [-0.25, -0.2) is 0 Å². The van der Waals surface area contributed by atoms with Crippen molar-refractivity contribution in [2.75, 3.05) is 27.4 Å². The van der Waals surface area contributed by atoms with Crippen LogP contribution in [0.4, 0.5) is 0 Å². The number of allylic oxidation sites excluding steroid dienone is 3. The van der Waals surface area contributed by atoms with Gasteiger partial charge in [-0.1, -0.05) is 45.4 Å². The van der Waals surface area contributed by atoms with Crippen LogP contribution in [0.5, 0.6) is 0 Å². The summed E-state index contributed by atoms with van der Waals surface area (Å²) in [5.41, 5.74) is 4.37. The molecule has 4 rings (SSSR count). The molecule has 1 saturated heterocycles. The van der Waals surface area contributed by atoms with Crippen molar-refractivity contribution in [1.82, 2.24) is 0 Å². The number of ether oxygens (including phenoxy) is 4. The third-order valence-corrected chi connectivity index (χ3v) is 8.78. The van der Waals surface area contributed by atoms with Crippen molar-refractivity contribution in [2.45, 2.75) is 89.9 Å². The number of hydrogen-bond acceptors (Lipinski definition) is 8. The third-order valence-electron chi connectivity index (χ3n) is 8.78. The van der Waals surface area contributed by atoms with Crippen molar-refractivity contribution in [3.05, 3.63) is 34.4 Å². The Morgan fingerprint density at radius 2 is 1.78 bits per heavy atom. The Kier molecular flexibility index (Phi) is 8.49. The summed E-state index contributed by atoms with van der Waals surface area (Å²) in [6, 6.07) is 0. The Balaban J connectivity index is 1.76. The molecule has 0 radical (unpaired) electrons. The fourth-order valence-corrected chi connectivity index (χ4v) is 6.69. The molecule has 3 aliphatic carbocycles. The highest BCUT2D eigenvalue weighted by Crippen LogP contribution is 2.54. The van der Waals surface area contributed by atoms with Crippen molar-refractivity contribution in [3.63, 3.8) is 0 Å². The summed E-state index contributed by atoms with van der Waals surface area (Å²) in [5.74, 6) is 0.250. The monoisotopic (exact) mass is 508 g/mol. The number of hydrogen-bond donors (Lipinski definition) is 4. The van der Waals surface area contributed by atoms with Crippen LogP contribution in [0.25, 0.3) is 0 Å². The fourth-order valence-electron chi connectivity index (χ4n) is 6.69. The van der Waals surface area contributed by atoms with E-state index < -0.39 is 42.9 Å². The van der Waals surface area contributed by atoms with Gasteiger partial charge in [-0.2, -0.15) is 0 Å². The van der Waals surface area contributed by atoms with Gasteiger partial charge in [0.25, 0.3) is 0 Å². The SMILES string of the molecule is COCC1=CC[C@@H]2/C1=C\[C@@]1(C)CCC(C(C)C)=C1[C@@H](O[C@H]1O[C@H](COC)[C@@H](O)[C@H](O)[C@H]1O)[C@H](O)[C@@H]2C. The van der Waals surface area contributed by atoms with Crippen LogP contribution in [-0.2, 0) is 18.9 Å². The van der Waals surface area contributed by atoms with E-state index in [0.29, 0.717) is 6.61 Å². The molecule has 0 amide bonds. The van der Waals surface area contributed by atoms with E-state index in [9.17, 15) is 20.4 Å². The van der Waals surface area contributed by atoms with Crippen LogP contribution in [0.3, 0.4) is 0 Å². The second-order valence-electron chi connectivity index (χ2n) is 11.5. The lowest BCUT2D eigenvalue weighted by Gasteiger charge is -2.46. The maximum absolute atomic E-state index is 11.9. The quantitative estimate of drug-likeness (QED) is 0.386. The van der Waals surface area contributed by atoms with E-state index in [0.717, 1.165) is 24.8 Å². The van der Waals surface area contributed by atoms with E-state index >= 15 is 0 Å². The maximum Gasteiger partial charge on any atom is 0.187 e. The average molecular weight is 509 g/mol. The van der Waals surface area contributed by atoms with Gasteiger partial charge in [0.15, 0.2) is 6.29 Å². The minimum absolute atomic E-state index is 0.0359. The fraction of sp³-hybridized carbons (Fsp3) is 0.786.